The Morgan fingerprint density at radius 2 is 2.40 bits per heavy atom. The first-order valence-corrected chi connectivity index (χ1v) is 5.17. The van der Waals surface area contributed by atoms with Crippen LogP contribution in [0.1, 0.15) is 32.6 Å². The second kappa shape index (κ2) is 3.69. The van der Waals surface area contributed by atoms with Crippen LogP contribution in [0.3, 0.4) is 0 Å². The number of carbonyl (C=O) groups excluding carboxylic acids is 1. The van der Waals surface area contributed by atoms with Gasteiger partial charge >= 0.3 is 0 Å². The molecule has 0 spiro atoms. The van der Waals surface area contributed by atoms with E-state index in [0.717, 1.165) is 12.8 Å². The van der Waals surface area contributed by atoms with E-state index in [1.54, 1.807) is 0 Å². The number of ketones is 1. The van der Waals surface area contributed by atoms with E-state index in [1.165, 1.54) is 12.8 Å². The van der Waals surface area contributed by atoms with Crippen molar-refractivity contribution in [2.75, 3.05) is 0 Å². The zero-order chi connectivity index (χ0) is 7.56. The number of rotatable bonds is 1. The summed E-state index contributed by atoms with van der Waals surface area (Å²) < 4.78 is 0.316. The van der Waals surface area contributed by atoms with Crippen molar-refractivity contribution in [3.63, 3.8) is 0 Å². The standard InChI is InChI=1S/C8H13IO/c1-2-6-4-3-5-7(10)8(6)9/h6,8H,2-5H2,1H3/t6-,8-/m1/s1. The molecule has 0 saturated heterocycles. The molecule has 10 heavy (non-hydrogen) atoms. The van der Waals surface area contributed by atoms with Crippen LogP contribution in [0.2, 0.25) is 0 Å². The van der Waals surface area contributed by atoms with Gasteiger partial charge in [0, 0.05) is 6.42 Å². The van der Waals surface area contributed by atoms with Crippen LogP contribution in [0.5, 0.6) is 0 Å². The number of carbonyl (C=O) groups is 1. The largest absolute Gasteiger partial charge is 0.299 e. The van der Waals surface area contributed by atoms with Gasteiger partial charge in [0.25, 0.3) is 0 Å². The minimum absolute atomic E-state index is 0.316. The molecule has 2 heteroatoms. The smallest absolute Gasteiger partial charge is 0.145 e. The second-order valence-corrected chi connectivity index (χ2v) is 4.27. The van der Waals surface area contributed by atoms with E-state index >= 15 is 0 Å². The number of Topliss-reactive ketones (excluding diaryl/α,β-unsaturated/α-hetero) is 1. The van der Waals surface area contributed by atoms with Crippen LogP contribution in [0.15, 0.2) is 0 Å². The molecule has 0 aliphatic heterocycles. The van der Waals surface area contributed by atoms with Gasteiger partial charge in [-0.2, -0.15) is 0 Å². The highest BCUT2D eigenvalue weighted by atomic mass is 127. The molecule has 0 radical (unpaired) electrons. The molecule has 0 bridgehead atoms. The Bertz CT molecular complexity index is 133. The predicted octanol–water partition coefficient (Wildman–Crippen LogP) is 2.57. The molecule has 0 aromatic carbocycles. The first kappa shape index (κ1) is 8.50. The van der Waals surface area contributed by atoms with Crippen LogP contribution in [0.25, 0.3) is 0 Å². The highest BCUT2D eigenvalue weighted by Crippen LogP contribution is 2.29. The lowest BCUT2D eigenvalue weighted by atomic mass is 9.87. The van der Waals surface area contributed by atoms with Gasteiger partial charge in [0.2, 0.25) is 0 Å². The van der Waals surface area contributed by atoms with Crippen molar-refractivity contribution in [2.45, 2.75) is 36.5 Å². The zero-order valence-corrected chi connectivity index (χ0v) is 8.43. The summed E-state index contributed by atoms with van der Waals surface area (Å²) >= 11 is 2.30. The van der Waals surface area contributed by atoms with Gasteiger partial charge in [0.1, 0.15) is 5.78 Å². The summed E-state index contributed by atoms with van der Waals surface area (Å²) in [7, 11) is 0. The van der Waals surface area contributed by atoms with Gasteiger partial charge in [-0.05, 0) is 18.8 Å². The van der Waals surface area contributed by atoms with Crippen molar-refractivity contribution in [3.05, 3.63) is 0 Å². The molecule has 58 valence electrons. The third-order valence-corrected chi connectivity index (χ3v) is 3.96. The molecule has 0 aromatic heterocycles. The molecule has 0 unspecified atom stereocenters. The van der Waals surface area contributed by atoms with Crippen LogP contribution < -0.4 is 0 Å². The van der Waals surface area contributed by atoms with Crippen molar-refractivity contribution in [2.24, 2.45) is 5.92 Å². The minimum atomic E-state index is 0.316. The lowest BCUT2D eigenvalue weighted by Crippen LogP contribution is -2.27. The van der Waals surface area contributed by atoms with Crippen molar-refractivity contribution in [1.29, 1.82) is 0 Å². The Morgan fingerprint density at radius 3 is 2.90 bits per heavy atom. The van der Waals surface area contributed by atoms with Crippen LogP contribution in [0, 0.1) is 5.92 Å². The van der Waals surface area contributed by atoms with E-state index < -0.39 is 0 Å². The monoisotopic (exact) mass is 252 g/mol. The van der Waals surface area contributed by atoms with Gasteiger partial charge in [0.15, 0.2) is 0 Å². The number of hydrogen-bond donors (Lipinski definition) is 0. The van der Waals surface area contributed by atoms with E-state index in [1.807, 2.05) is 0 Å². The predicted molar refractivity (Wildman–Crippen MR) is 50.4 cm³/mol. The van der Waals surface area contributed by atoms with Gasteiger partial charge in [-0.1, -0.05) is 35.9 Å². The van der Waals surface area contributed by atoms with E-state index in [2.05, 4.69) is 29.5 Å². The van der Waals surface area contributed by atoms with Gasteiger partial charge in [-0.15, -0.1) is 0 Å². The molecule has 1 aliphatic rings. The zero-order valence-electron chi connectivity index (χ0n) is 6.27. The Hall–Kier alpha value is 0.400. The summed E-state index contributed by atoms with van der Waals surface area (Å²) in [5.41, 5.74) is 0. The third-order valence-electron chi connectivity index (χ3n) is 2.24. The molecule has 0 N–H and O–H groups in total. The van der Waals surface area contributed by atoms with Crippen molar-refractivity contribution in [1.82, 2.24) is 0 Å². The third kappa shape index (κ3) is 1.71. The first-order chi connectivity index (χ1) is 4.75. The Morgan fingerprint density at radius 1 is 1.70 bits per heavy atom. The van der Waals surface area contributed by atoms with E-state index in [-0.39, 0.29) is 0 Å². The van der Waals surface area contributed by atoms with E-state index in [4.69, 9.17) is 0 Å². The molecule has 1 fully saturated rings. The second-order valence-electron chi connectivity index (χ2n) is 2.93. The molecular formula is C8H13IO. The fourth-order valence-corrected chi connectivity index (χ4v) is 2.68. The fraction of sp³-hybridized carbons (Fsp3) is 0.875. The van der Waals surface area contributed by atoms with Crippen LogP contribution in [-0.2, 0) is 4.79 Å². The molecular weight excluding hydrogens is 239 g/mol. The van der Waals surface area contributed by atoms with Gasteiger partial charge in [-0.3, -0.25) is 4.79 Å². The van der Waals surface area contributed by atoms with Crippen molar-refractivity contribution < 1.29 is 4.79 Å². The van der Waals surface area contributed by atoms with E-state index in [9.17, 15) is 4.79 Å². The minimum Gasteiger partial charge on any atom is -0.299 e. The van der Waals surface area contributed by atoms with Crippen LogP contribution >= 0.6 is 22.6 Å². The molecule has 0 amide bonds. The quantitative estimate of drug-likeness (QED) is 0.517. The molecule has 0 aromatic rings. The maximum absolute atomic E-state index is 11.2. The summed E-state index contributed by atoms with van der Waals surface area (Å²) in [6, 6.07) is 0. The molecule has 1 aliphatic carbocycles. The normalized spacial score (nSPS) is 34.4. The summed E-state index contributed by atoms with van der Waals surface area (Å²) in [6.07, 6.45) is 4.37. The lowest BCUT2D eigenvalue weighted by Gasteiger charge is -2.24. The maximum atomic E-state index is 11.2. The summed E-state index contributed by atoms with van der Waals surface area (Å²) in [5.74, 6) is 1.14. The number of halogens is 1. The molecule has 2 atom stereocenters. The van der Waals surface area contributed by atoms with Gasteiger partial charge in [0.05, 0.1) is 3.92 Å². The van der Waals surface area contributed by atoms with Crippen LogP contribution in [-0.4, -0.2) is 9.71 Å². The summed E-state index contributed by atoms with van der Waals surface area (Å²) in [6.45, 7) is 2.18. The maximum Gasteiger partial charge on any atom is 0.145 e. The topological polar surface area (TPSA) is 17.1 Å². The Kier molecular flexibility index (Phi) is 3.14. The SMILES string of the molecule is CC[C@@H]1CCCC(=O)[C@@H]1I. The average molecular weight is 252 g/mol. The Labute approximate surface area is 75.7 Å². The number of hydrogen-bond acceptors (Lipinski definition) is 1. The Balaban J connectivity index is 2.51. The number of alkyl halides is 1. The van der Waals surface area contributed by atoms with Crippen molar-refractivity contribution in [3.8, 4) is 0 Å². The molecule has 1 rings (SSSR count). The first-order valence-electron chi connectivity index (χ1n) is 3.92. The molecule has 1 saturated carbocycles. The lowest BCUT2D eigenvalue weighted by molar-refractivity contribution is -0.120. The van der Waals surface area contributed by atoms with E-state index in [0.29, 0.717) is 15.6 Å². The van der Waals surface area contributed by atoms with Crippen LogP contribution in [0.4, 0.5) is 0 Å². The summed E-state index contributed by atoms with van der Waals surface area (Å²) in [4.78, 5) is 11.2. The van der Waals surface area contributed by atoms with Crippen molar-refractivity contribution >= 4 is 28.4 Å². The highest BCUT2D eigenvalue weighted by Gasteiger charge is 2.27. The fourth-order valence-electron chi connectivity index (χ4n) is 1.50. The average Bonchev–Trinajstić information content (AvgIpc) is 1.95. The van der Waals surface area contributed by atoms with Gasteiger partial charge in [-0.25, -0.2) is 0 Å². The highest BCUT2D eigenvalue weighted by molar-refractivity contribution is 14.1. The molecule has 1 nitrogen and oxygen atoms in total. The van der Waals surface area contributed by atoms with Gasteiger partial charge < -0.3 is 0 Å². The molecule has 0 heterocycles. The summed E-state index contributed by atoms with van der Waals surface area (Å²) in [5, 5.41) is 0.